The van der Waals surface area contributed by atoms with Gasteiger partial charge in [-0.05, 0) is 29.8 Å². The Morgan fingerprint density at radius 2 is 1.96 bits per heavy atom. The smallest absolute Gasteiger partial charge is 0.251 e. The molecule has 3 rings (SSSR count). The standard InChI is InChI=1S/C20H19N3O3/c1-14(24)23(2)18-8-3-5-15(9-18)11-22-20(25)17-7-4-6-16(10-17)19-12-21-13-26-19/h3-10,12-13H,11H2,1-2H3,(H,22,25). The molecular formula is C20H19N3O3. The molecule has 6 nitrogen and oxygen atoms in total. The summed E-state index contributed by atoms with van der Waals surface area (Å²) >= 11 is 0. The summed E-state index contributed by atoms with van der Waals surface area (Å²) in [6.07, 6.45) is 2.96. The molecule has 0 aliphatic carbocycles. The van der Waals surface area contributed by atoms with Crippen molar-refractivity contribution in [2.45, 2.75) is 13.5 Å². The summed E-state index contributed by atoms with van der Waals surface area (Å²) in [5.74, 6) is 0.381. The van der Waals surface area contributed by atoms with Crippen molar-refractivity contribution in [3.8, 4) is 11.3 Å². The Hall–Kier alpha value is -3.41. The Morgan fingerprint density at radius 3 is 2.69 bits per heavy atom. The SMILES string of the molecule is CC(=O)N(C)c1cccc(CNC(=O)c2cccc(-c3cnco3)c2)c1. The lowest BCUT2D eigenvalue weighted by atomic mass is 10.1. The average molecular weight is 349 g/mol. The van der Waals surface area contributed by atoms with E-state index in [4.69, 9.17) is 4.42 Å². The summed E-state index contributed by atoms with van der Waals surface area (Å²) in [6.45, 7) is 1.88. The second-order valence-corrected chi connectivity index (χ2v) is 5.88. The summed E-state index contributed by atoms with van der Waals surface area (Å²) in [5, 5.41) is 2.89. The van der Waals surface area contributed by atoms with Crippen LogP contribution in [0, 0.1) is 0 Å². The van der Waals surface area contributed by atoms with Gasteiger partial charge in [0.25, 0.3) is 5.91 Å². The van der Waals surface area contributed by atoms with Gasteiger partial charge in [-0.15, -0.1) is 0 Å². The van der Waals surface area contributed by atoms with Crippen LogP contribution in [0.5, 0.6) is 0 Å². The molecule has 132 valence electrons. The lowest BCUT2D eigenvalue weighted by molar-refractivity contribution is -0.116. The third kappa shape index (κ3) is 3.97. The van der Waals surface area contributed by atoms with Crippen LogP contribution >= 0.6 is 0 Å². The number of rotatable bonds is 5. The quantitative estimate of drug-likeness (QED) is 0.767. The van der Waals surface area contributed by atoms with Crippen LogP contribution in [0.2, 0.25) is 0 Å². The summed E-state index contributed by atoms with van der Waals surface area (Å²) < 4.78 is 5.26. The first-order valence-electron chi connectivity index (χ1n) is 8.15. The molecule has 0 bridgehead atoms. The van der Waals surface area contributed by atoms with Crippen molar-refractivity contribution in [2.75, 3.05) is 11.9 Å². The van der Waals surface area contributed by atoms with Gasteiger partial charge in [-0.25, -0.2) is 4.98 Å². The van der Waals surface area contributed by atoms with Gasteiger partial charge in [-0.2, -0.15) is 0 Å². The van der Waals surface area contributed by atoms with E-state index in [1.54, 1.807) is 36.3 Å². The first-order valence-corrected chi connectivity index (χ1v) is 8.15. The molecule has 26 heavy (non-hydrogen) atoms. The summed E-state index contributed by atoms with van der Waals surface area (Å²) in [7, 11) is 1.72. The zero-order chi connectivity index (χ0) is 18.5. The minimum atomic E-state index is -0.184. The van der Waals surface area contributed by atoms with Crippen molar-refractivity contribution >= 4 is 17.5 Å². The first kappa shape index (κ1) is 17.4. The highest BCUT2D eigenvalue weighted by atomic mass is 16.3. The Morgan fingerprint density at radius 1 is 1.15 bits per heavy atom. The van der Waals surface area contributed by atoms with Gasteiger partial charge in [-0.3, -0.25) is 9.59 Å². The van der Waals surface area contributed by atoms with E-state index in [-0.39, 0.29) is 11.8 Å². The molecule has 2 aromatic carbocycles. The van der Waals surface area contributed by atoms with Crippen LogP contribution in [0.1, 0.15) is 22.8 Å². The molecule has 0 aliphatic rings. The maximum Gasteiger partial charge on any atom is 0.251 e. The lowest BCUT2D eigenvalue weighted by Crippen LogP contribution is -2.24. The number of oxazole rings is 1. The van der Waals surface area contributed by atoms with Gasteiger partial charge in [0.1, 0.15) is 0 Å². The summed E-state index contributed by atoms with van der Waals surface area (Å²) in [5.41, 5.74) is 3.03. The second kappa shape index (κ2) is 7.65. The Kier molecular flexibility index (Phi) is 5.12. The highest BCUT2D eigenvalue weighted by molar-refractivity contribution is 5.95. The average Bonchev–Trinajstić information content (AvgIpc) is 3.20. The van der Waals surface area contributed by atoms with E-state index < -0.39 is 0 Å². The molecule has 0 spiro atoms. The Labute approximate surface area is 151 Å². The van der Waals surface area contributed by atoms with E-state index in [0.717, 1.165) is 16.8 Å². The zero-order valence-electron chi connectivity index (χ0n) is 14.6. The van der Waals surface area contributed by atoms with Gasteiger partial charge in [-0.1, -0.05) is 24.3 Å². The molecule has 0 saturated carbocycles. The van der Waals surface area contributed by atoms with Crippen LogP contribution in [-0.2, 0) is 11.3 Å². The minimum absolute atomic E-state index is 0.0459. The number of nitrogens with zero attached hydrogens (tertiary/aromatic N) is 2. The fourth-order valence-electron chi connectivity index (χ4n) is 2.51. The molecular weight excluding hydrogens is 330 g/mol. The topological polar surface area (TPSA) is 75.4 Å². The molecule has 0 radical (unpaired) electrons. The third-order valence-electron chi connectivity index (χ3n) is 4.06. The highest BCUT2D eigenvalue weighted by Gasteiger charge is 2.10. The second-order valence-electron chi connectivity index (χ2n) is 5.88. The van der Waals surface area contributed by atoms with Crippen LogP contribution in [-0.4, -0.2) is 23.8 Å². The molecule has 1 aromatic heterocycles. The number of carbonyl (C=O) groups excluding carboxylic acids is 2. The van der Waals surface area contributed by atoms with Crippen molar-refractivity contribution in [2.24, 2.45) is 0 Å². The molecule has 0 atom stereocenters. The van der Waals surface area contributed by atoms with Gasteiger partial charge in [0.05, 0.1) is 6.20 Å². The van der Waals surface area contributed by atoms with Gasteiger partial charge < -0.3 is 14.6 Å². The third-order valence-corrected chi connectivity index (χ3v) is 4.06. The normalized spacial score (nSPS) is 10.4. The fraction of sp³-hybridized carbons (Fsp3) is 0.150. The number of anilines is 1. The molecule has 3 aromatic rings. The Balaban J connectivity index is 1.69. The van der Waals surface area contributed by atoms with E-state index in [0.29, 0.717) is 17.9 Å². The van der Waals surface area contributed by atoms with E-state index in [9.17, 15) is 9.59 Å². The van der Waals surface area contributed by atoms with Gasteiger partial charge in [0, 0.05) is 37.3 Å². The molecule has 6 heteroatoms. The Bertz CT molecular complexity index is 920. The lowest BCUT2D eigenvalue weighted by Gasteiger charge is -2.16. The number of hydrogen-bond donors (Lipinski definition) is 1. The van der Waals surface area contributed by atoms with Crippen LogP contribution in [0.4, 0.5) is 5.69 Å². The van der Waals surface area contributed by atoms with Crippen molar-refractivity contribution in [1.29, 1.82) is 0 Å². The molecule has 0 saturated heterocycles. The molecule has 0 unspecified atom stereocenters. The highest BCUT2D eigenvalue weighted by Crippen LogP contribution is 2.20. The molecule has 2 amide bonds. The zero-order valence-corrected chi connectivity index (χ0v) is 14.6. The monoisotopic (exact) mass is 349 g/mol. The van der Waals surface area contributed by atoms with E-state index in [1.807, 2.05) is 30.3 Å². The van der Waals surface area contributed by atoms with E-state index >= 15 is 0 Å². The van der Waals surface area contributed by atoms with Crippen LogP contribution in [0.15, 0.2) is 65.5 Å². The predicted octanol–water partition coefficient (Wildman–Crippen LogP) is 3.25. The van der Waals surface area contributed by atoms with Gasteiger partial charge >= 0.3 is 0 Å². The molecule has 1 N–H and O–H groups in total. The van der Waals surface area contributed by atoms with Gasteiger partial charge in [0.15, 0.2) is 12.2 Å². The predicted molar refractivity (Wildman–Crippen MR) is 98.6 cm³/mol. The van der Waals surface area contributed by atoms with Gasteiger partial charge in [0.2, 0.25) is 5.91 Å². The van der Waals surface area contributed by atoms with Crippen molar-refractivity contribution in [3.05, 3.63) is 72.2 Å². The number of nitrogens with one attached hydrogen (secondary N) is 1. The largest absolute Gasteiger partial charge is 0.444 e. The van der Waals surface area contributed by atoms with E-state index in [2.05, 4.69) is 10.3 Å². The first-order chi connectivity index (χ1) is 12.5. The molecule has 0 aliphatic heterocycles. The van der Waals surface area contributed by atoms with Crippen molar-refractivity contribution in [3.63, 3.8) is 0 Å². The van der Waals surface area contributed by atoms with Crippen LogP contribution in [0.25, 0.3) is 11.3 Å². The fourth-order valence-corrected chi connectivity index (χ4v) is 2.51. The van der Waals surface area contributed by atoms with E-state index in [1.165, 1.54) is 13.3 Å². The molecule has 0 fully saturated rings. The number of carbonyl (C=O) groups is 2. The number of aromatic nitrogens is 1. The molecule has 1 heterocycles. The number of hydrogen-bond acceptors (Lipinski definition) is 4. The van der Waals surface area contributed by atoms with Crippen LogP contribution < -0.4 is 10.2 Å². The summed E-state index contributed by atoms with van der Waals surface area (Å²) in [6, 6.07) is 14.7. The maximum atomic E-state index is 12.4. The van der Waals surface area contributed by atoms with Crippen LogP contribution in [0.3, 0.4) is 0 Å². The van der Waals surface area contributed by atoms with Crippen molar-refractivity contribution < 1.29 is 14.0 Å². The summed E-state index contributed by atoms with van der Waals surface area (Å²) in [4.78, 5) is 29.4. The van der Waals surface area contributed by atoms with Crippen molar-refractivity contribution in [1.82, 2.24) is 10.3 Å². The minimum Gasteiger partial charge on any atom is -0.444 e. The number of benzene rings is 2. The maximum absolute atomic E-state index is 12.4. The number of amides is 2.